The minimum absolute atomic E-state index is 0.0326. The number of anilines is 1. The highest BCUT2D eigenvalue weighted by Gasteiger charge is 2.17. The number of aromatic carboxylic acids is 1. The topological polar surface area (TPSA) is 82.5 Å². The Morgan fingerprint density at radius 2 is 2.11 bits per heavy atom. The monoisotopic (exact) mass is 266 g/mol. The van der Waals surface area contributed by atoms with E-state index < -0.39 is 12.1 Å². The molecule has 0 radical (unpaired) electrons. The lowest BCUT2D eigenvalue weighted by Crippen LogP contribution is -2.25. The number of nitrogens with zero attached hydrogens (tertiary/aromatic N) is 1. The van der Waals surface area contributed by atoms with Crippen molar-refractivity contribution in [1.82, 2.24) is 4.98 Å². The largest absolute Gasteiger partial charge is 0.478 e. The molecule has 1 unspecified atom stereocenters. The van der Waals surface area contributed by atoms with Gasteiger partial charge in [-0.25, -0.2) is 4.79 Å². The summed E-state index contributed by atoms with van der Waals surface area (Å²) in [7, 11) is 0. The minimum Gasteiger partial charge on any atom is -0.478 e. The number of aliphatic hydroxyl groups excluding tert-OH is 1. The van der Waals surface area contributed by atoms with E-state index in [0.717, 1.165) is 5.69 Å². The molecule has 0 saturated heterocycles. The van der Waals surface area contributed by atoms with Crippen LogP contribution in [0.1, 0.15) is 43.2 Å². The summed E-state index contributed by atoms with van der Waals surface area (Å²) in [6.45, 7) is 8.27. The number of aryl methyl sites for hydroxylation is 1. The lowest BCUT2D eigenvalue weighted by Gasteiger charge is -2.23. The number of carbonyl (C=O) groups is 1. The Morgan fingerprint density at radius 1 is 1.47 bits per heavy atom. The van der Waals surface area contributed by atoms with Crippen LogP contribution in [0.5, 0.6) is 0 Å². The summed E-state index contributed by atoms with van der Waals surface area (Å²) < 4.78 is 0. The van der Waals surface area contributed by atoms with Crippen molar-refractivity contribution in [3.05, 3.63) is 23.5 Å². The van der Waals surface area contributed by atoms with Crippen LogP contribution in [0.3, 0.4) is 0 Å². The molecule has 1 heterocycles. The summed E-state index contributed by atoms with van der Waals surface area (Å²) in [6, 6.07) is 1.67. The molecule has 1 atom stereocenters. The molecular weight excluding hydrogens is 244 g/mol. The summed E-state index contributed by atoms with van der Waals surface area (Å²) in [4.78, 5) is 15.0. The molecular formula is C14H22N2O3. The summed E-state index contributed by atoms with van der Waals surface area (Å²) in [5.74, 6) is -1.03. The highest BCUT2D eigenvalue weighted by Crippen LogP contribution is 2.21. The fraction of sp³-hybridized carbons (Fsp3) is 0.571. The zero-order chi connectivity index (χ0) is 14.6. The van der Waals surface area contributed by atoms with E-state index in [1.165, 1.54) is 6.20 Å². The van der Waals surface area contributed by atoms with E-state index in [-0.39, 0.29) is 11.0 Å². The van der Waals surface area contributed by atoms with E-state index in [1.807, 2.05) is 0 Å². The van der Waals surface area contributed by atoms with Crippen molar-refractivity contribution in [3.8, 4) is 0 Å². The number of carboxylic acid groups (broad SMARTS) is 1. The smallest absolute Gasteiger partial charge is 0.339 e. The van der Waals surface area contributed by atoms with E-state index in [4.69, 9.17) is 5.11 Å². The van der Waals surface area contributed by atoms with Gasteiger partial charge >= 0.3 is 5.97 Å². The molecule has 0 fully saturated rings. The van der Waals surface area contributed by atoms with Gasteiger partial charge in [0.2, 0.25) is 0 Å². The number of rotatable bonds is 5. The van der Waals surface area contributed by atoms with Crippen LogP contribution in [0, 0.1) is 12.3 Å². The number of carboxylic acids is 1. The van der Waals surface area contributed by atoms with Gasteiger partial charge in [-0.2, -0.15) is 0 Å². The molecule has 0 aliphatic heterocycles. The van der Waals surface area contributed by atoms with Gasteiger partial charge in [0.1, 0.15) is 5.56 Å². The van der Waals surface area contributed by atoms with Crippen molar-refractivity contribution >= 4 is 11.7 Å². The first-order chi connectivity index (χ1) is 8.69. The lowest BCUT2D eigenvalue weighted by molar-refractivity contribution is 0.0697. The van der Waals surface area contributed by atoms with Gasteiger partial charge < -0.3 is 15.5 Å². The third kappa shape index (κ3) is 5.26. The van der Waals surface area contributed by atoms with Gasteiger partial charge in [0.15, 0.2) is 0 Å². The van der Waals surface area contributed by atoms with Crippen LogP contribution in [0.25, 0.3) is 0 Å². The molecule has 19 heavy (non-hydrogen) atoms. The zero-order valence-electron chi connectivity index (χ0n) is 11.9. The van der Waals surface area contributed by atoms with Crippen molar-refractivity contribution in [3.63, 3.8) is 0 Å². The Hall–Kier alpha value is -1.62. The molecule has 0 bridgehead atoms. The second kappa shape index (κ2) is 6.02. The standard InChI is InChI=1S/C14H22N2O3/c1-9-5-12(11(8-15-9)13(18)19)16-7-10(17)6-14(2,3)4/h5,8,10,17H,6-7H2,1-4H3,(H,15,16)(H,18,19). The molecule has 0 aliphatic carbocycles. The maximum absolute atomic E-state index is 11.1. The van der Waals surface area contributed by atoms with Crippen LogP contribution in [0.4, 0.5) is 5.69 Å². The van der Waals surface area contributed by atoms with Crippen molar-refractivity contribution in [2.24, 2.45) is 5.41 Å². The molecule has 1 aromatic rings. The molecule has 0 amide bonds. The minimum atomic E-state index is -1.03. The molecule has 0 aromatic carbocycles. The zero-order valence-corrected chi connectivity index (χ0v) is 11.9. The number of hydrogen-bond donors (Lipinski definition) is 3. The highest BCUT2D eigenvalue weighted by atomic mass is 16.4. The number of hydrogen-bond acceptors (Lipinski definition) is 4. The second-order valence-electron chi connectivity index (χ2n) is 5.98. The second-order valence-corrected chi connectivity index (χ2v) is 5.98. The van der Waals surface area contributed by atoms with Crippen molar-refractivity contribution in [2.45, 2.75) is 40.2 Å². The lowest BCUT2D eigenvalue weighted by atomic mass is 9.89. The predicted molar refractivity (Wildman–Crippen MR) is 74.5 cm³/mol. The number of nitrogens with one attached hydrogen (secondary N) is 1. The Balaban J connectivity index is 2.72. The number of aliphatic hydroxyl groups is 1. The Bertz CT molecular complexity index is 452. The van der Waals surface area contributed by atoms with Gasteiger partial charge in [0, 0.05) is 18.4 Å². The number of aromatic nitrogens is 1. The summed E-state index contributed by atoms with van der Waals surface area (Å²) >= 11 is 0. The molecule has 3 N–H and O–H groups in total. The van der Waals surface area contributed by atoms with Gasteiger partial charge in [-0.1, -0.05) is 20.8 Å². The number of pyridine rings is 1. The molecule has 1 aromatic heterocycles. The first-order valence-electron chi connectivity index (χ1n) is 6.31. The van der Waals surface area contributed by atoms with Gasteiger partial charge in [-0.15, -0.1) is 0 Å². The van der Waals surface area contributed by atoms with E-state index >= 15 is 0 Å². The van der Waals surface area contributed by atoms with Gasteiger partial charge in [-0.05, 0) is 24.8 Å². The Morgan fingerprint density at radius 3 is 2.63 bits per heavy atom. The molecule has 1 rings (SSSR count). The van der Waals surface area contributed by atoms with Crippen LogP contribution in [-0.4, -0.2) is 33.8 Å². The summed E-state index contributed by atoms with van der Waals surface area (Å²) in [6.07, 6.45) is 1.46. The van der Waals surface area contributed by atoms with E-state index in [9.17, 15) is 9.90 Å². The maximum Gasteiger partial charge on any atom is 0.339 e. The van der Waals surface area contributed by atoms with Crippen LogP contribution in [0.15, 0.2) is 12.3 Å². The van der Waals surface area contributed by atoms with Gasteiger partial charge in [-0.3, -0.25) is 4.98 Å². The molecule has 0 aliphatic rings. The first-order valence-corrected chi connectivity index (χ1v) is 6.31. The first kappa shape index (κ1) is 15.4. The molecule has 0 saturated carbocycles. The molecule has 0 spiro atoms. The van der Waals surface area contributed by atoms with Crippen molar-refractivity contribution < 1.29 is 15.0 Å². The summed E-state index contributed by atoms with van der Waals surface area (Å²) in [5.41, 5.74) is 1.38. The van der Waals surface area contributed by atoms with Crippen LogP contribution >= 0.6 is 0 Å². The fourth-order valence-corrected chi connectivity index (χ4v) is 1.88. The Labute approximate surface area is 113 Å². The highest BCUT2D eigenvalue weighted by molar-refractivity contribution is 5.93. The van der Waals surface area contributed by atoms with Crippen LogP contribution < -0.4 is 5.32 Å². The van der Waals surface area contributed by atoms with Crippen molar-refractivity contribution in [2.75, 3.05) is 11.9 Å². The molecule has 106 valence electrons. The van der Waals surface area contributed by atoms with Crippen LogP contribution in [0.2, 0.25) is 0 Å². The maximum atomic E-state index is 11.1. The average Bonchev–Trinajstić information content (AvgIpc) is 2.23. The third-order valence-corrected chi connectivity index (χ3v) is 2.65. The van der Waals surface area contributed by atoms with Crippen molar-refractivity contribution in [1.29, 1.82) is 0 Å². The van der Waals surface area contributed by atoms with Crippen LogP contribution in [-0.2, 0) is 0 Å². The van der Waals surface area contributed by atoms with E-state index in [1.54, 1.807) is 13.0 Å². The van der Waals surface area contributed by atoms with Gasteiger partial charge in [0.25, 0.3) is 0 Å². The third-order valence-electron chi connectivity index (χ3n) is 2.65. The SMILES string of the molecule is Cc1cc(NCC(O)CC(C)(C)C)c(C(=O)O)cn1. The molecule has 5 nitrogen and oxygen atoms in total. The fourth-order valence-electron chi connectivity index (χ4n) is 1.88. The summed E-state index contributed by atoms with van der Waals surface area (Å²) in [5, 5.41) is 22.0. The normalized spacial score (nSPS) is 13.1. The predicted octanol–water partition coefficient (Wildman–Crippen LogP) is 2.30. The van der Waals surface area contributed by atoms with E-state index in [2.05, 4.69) is 31.1 Å². The van der Waals surface area contributed by atoms with E-state index in [0.29, 0.717) is 18.7 Å². The average molecular weight is 266 g/mol. The molecule has 5 heteroatoms. The quantitative estimate of drug-likeness (QED) is 0.761. The Kier molecular flexibility index (Phi) is 4.89. The van der Waals surface area contributed by atoms with Gasteiger partial charge in [0.05, 0.1) is 11.8 Å².